The van der Waals surface area contributed by atoms with Crippen LogP contribution in [-0.4, -0.2) is 37.2 Å². The van der Waals surface area contributed by atoms with Crippen LogP contribution < -0.4 is 0 Å². The van der Waals surface area contributed by atoms with E-state index in [0.717, 1.165) is 64.2 Å². The molecule has 0 aliphatic heterocycles. The number of rotatable bonds is 52. The van der Waals surface area contributed by atoms with Crippen molar-refractivity contribution in [3.63, 3.8) is 0 Å². The predicted octanol–water partition coefficient (Wildman–Crippen LogP) is 18.5. The van der Waals surface area contributed by atoms with Gasteiger partial charge in [0.15, 0.2) is 6.10 Å². The maximum atomic E-state index is 12.8. The van der Waals surface area contributed by atoms with Crippen LogP contribution in [0.3, 0.4) is 0 Å². The largest absolute Gasteiger partial charge is 0.462 e. The molecule has 0 aromatic carbocycles. The van der Waals surface area contributed by atoms with Crippen LogP contribution in [0.25, 0.3) is 0 Å². The minimum absolute atomic E-state index is 0.0666. The van der Waals surface area contributed by atoms with Gasteiger partial charge in [-0.05, 0) is 44.9 Å². The second-order valence-electron chi connectivity index (χ2n) is 19.2. The molecular weight excluding hydrogens is 781 g/mol. The molecule has 0 aromatic rings. The lowest BCUT2D eigenvalue weighted by atomic mass is 10.0. The van der Waals surface area contributed by atoms with Gasteiger partial charge in [-0.2, -0.15) is 0 Å². The van der Waals surface area contributed by atoms with Crippen molar-refractivity contribution in [3.8, 4) is 0 Å². The molecule has 372 valence electrons. The highest BCUT2D eigenvalue weighted by Crippen LogP contribution is 2.17. The lowest BCUT2D eigenvalue weighted by molar-refractivity contribution is -0.167. The highest BCUT2D eigenvalue weighted by Gasteiger charge is 2.19. The van der Waals surface area contributed by atoms with Gasteiger partial charge < -0.3 is 14.2 Å². The van der Waals surface area contributed by atoms with Gasteiger partial charge in [0.2, 0.25) is 0 Å². The molecule has 1 atom stereocenters. The molecule has 0 aromatic heterocycles. The molecule has 0 N–H and O–H groups in total. The SMILES string of the molecule is CCCCCCCCC=CCCCCCCCC(=O)OCC(COC(=O)CCCCCCCCCCCCCCCCCCC)OC(=O)CCCCCCCCCCCCCCC. The minimum Gasteiger partial charge on any atom is -0.462 e. The van der Waals surface area contributed by atoms with E-state index in [0.29, 0.717) is 19.3 Å². The Kier molecular flexibility index (Phi) is 51.2. The average molecular weight is 889 g/mol. The van der Waals surface area contributed by atoms with Crippen molar-refractivity contribution in [1.82, 2.24) is 0 Å². The van der Waals surface area contributed by atoms with Gasteiger partial charge >= 0.3 is 17.9 Å². The summed E-state index contributed by atoms with van der Waals surface area (Å²) in [5.41, 5.74) is 0. The van der Waals surface area contributed by atoms with Crippen molar-refractivity contribution in [3.05, 3.63) is 12.2 Å². The van der Waals surface area contributed by atoms with Crippen LogP contribution in [0.5, 0.6) is 0 Å². The summed E-state index contributed by atoms with van der Waals surface area (Å²) in [6, 6.07) is 0. The van der Waals surface area contributed by atoms with Gasteiger partial charge in [0.05, 0.1) is 0 Å². The Balaban J connectivity index is 4.31. The summed E-state index contributed by atoms with van der Waals surface area (Å²) in [4.78, 5) is 38.1. The first kappa shape index (κ1) is 61.1. The monoisotopic (exact) mass is 889 g/mol. The first-order valence-electron chi connectivity index (χ1n) is 28.2. The van der Waals surface area contributed by atoms with E-state index >= 15 is 0 Å². The lowest BCUT2D eigenvalue weighted by Crippen LogP contribution is -2.30. The van der Waals surface area contributed by atoms with E-state index in [-0.39, 0.29) is 31.1 Å². The number of carbonyl (C=O) groups is 3. The Morgan fingerprint density at radius 1 is 0.302 bits per heavy atom. The fraction of sp³-hybridized carbons (Fsp3) is 0.912. The van der Waals surface area contributed by atoms with Crippen molar-refractivity contribution >= 4 is 17.9 Å². The molecule has 0 saturated heterocycles. The van der Waals surface area contributed by atoms with E-state index in [1.54, 1.807) is 0 Å². The highest BCUT2D eigenvalue weighted by atomic mass is 16.6. The predicted molar refractivity (Wildman–Crippen MR) is 270 cm³/mol. The van der Waals surface area contributed by atoms with Crippen LogP contribution in [0, 0.1) is 0 Å². The van der Waals surface area contributed by atoms with E-state index in [1.807, 2.05) is 0 Å². The van der Waals surface area contributed by atoms with Gasteiger partial charge in [0.1, 0.15) is 13.2 Å². The minimum atomic E-state index is -0.767. The van der Waals surface area contributed by atoms with Crippen LogP contribution in [0.15, 0.2) is 12.2 Å². The van der Waals surface area contributed by atoms with Crippen molar-refractivity contribution in [2.75, 3.05) is 13.2 Å². The van der Waals surface area contributed by atoms with Crippen LogP contribution in [0.4, 0.5) is 0 Å². The van der Waals surface area contributed by atoms with Crippen molar-refractivity contribution in [2.45, 2.75) is 322 Å². The smallest absolute Gasteiger partial charge is 0.306 e. The second-order valence-corrected chi connectivity index (χ2v) is 19.2. The topological polar surface area (TPSA) is 78.9 Å². The second kappa shape index (κ2) is 52.8. The number of allylic oxidation sites excluding steroid dienone is 2. The molecule has 6 nitrogen and oxygen atoms in total. The Morgan fingerprint density at radius 2 is 0.524 bits per heavy atom. The normalized spacial score (nSPS) is 12.0. The zero-order valence-electron chi connectivity index (χ0n) is 42.6. The number of hydrogen-bond donors (Lipinski definition) is 0. The summed E-state index contributed by atoms with van der Waals surface area (Å²) >= 11 is 0. The summed E-state index contributed by atoms with van der Waals surface area (Å²) in [7, 11) is 0. The van der Waals surface area contributed by atoms with Gasteiger partial charge in [0, 0.05) is 19.3 Å². The molecule has 0 spiro atoms. The standard InChI is InChI=1S/C57H108O6/c1-4-7-10-13-16-19-22-25-27-28-30-33-35-38-41-44-47-50-56(59)62-53-54(63-57(60)51-48-45-42-39-36-31-24-21-18-15-12-9-6-3)52-61-55(58)49-46-43-40-37-34-32-29-26-23-20-17-14-11-8-5-2/h26,29,54H,4-25,27-28,30-53H2,1-3H3. The fourth-order valence-corrected chi connectivity index (χ4v) is 8.50. The van der Waals surface area contributed by atoms with E-state index < -0.39 is 6.10 Å². The third-order valence-corrected chi connectivity index (χ3v) is 12.8. The number of carbonyl (C=O) groups excluding carboxylic acids is 3. The number of ether oxygens (including phenoxy) is 3. The van der Waals surface area contributed by atoms with Crippen molar-refractivity contribution in [2.24, 2.45) is 0 Å². The molecule has 0 aliphatic rings. The molecule has 0 fully saturated rings. The first-order valence-corrected chi connectivity index (χ1v) is 28.2. The first-order chi connectivity index (χ1) is 31.0. The number of esters is 3. The molecule has 0 amide bonds. The molecule has 63 heavy (non-hydrogen) atoms. The third kappa shape index (κ3) is 51.0. The van der Waals surface area contributed by atoms with Crippen molar-refractivity contribution < 1.29 is 28.6 Å². The van der Waals surface area contributed by atoms with E-state index in [4.69, 9.17) is 14.2 Å². The molecule has 6 heteroatoms. The van der Waals surface area contributed by atoms with Gasteiger partial charge in [-0.3, -0.25) is 14.4 Å². The van der Waals surface area contributed by atoms with Gasteiger partial charge in [-0.15, -0.1) is 0 Å². The lowest BCUT2D eigenvalue weighted by Gasteiger charge is -2.18. The van der Waals surface area contributed by atoms with Gasteiger partial charge in [-0.1, -0.05) is 264 Å². The van der Waals surface area contributed by atoms with E-state index in [2.05, 4.69) is 32.9 Å². The molecule has 0 rings (SSSR count). The quantitative estimate of drug-likeness (QED) is 0.0262. The van der Waals surface area contributed by atoms with Crippen molar-refractivity contribution in [1.29, 1.82) is 0 Å². The van der Waals surface area contributed by atoms with Crippen LogP contribution in [0.2, 0.25) is 0 Å². The Morgan fingerprint density at radius 3 is 0.794 bits per heavy atom. The Labute approximate surface area is 392 Å². The summed E-state index contributed by atoms with van der Waals surface area (Å²) in [5.74, 6) is -0.853. The molecule has 0 radical (unpaired) electrons. The summed E-state index contributed by atoms with van der Waals surface area (Å²) in [6.45, 7) is 6.68. The maximum absolute atomic E-state index is 12.8. The van der Waals surface area contributed by atoms with Crippen LogP contribution >= 0.6 is 0 Å². The average Bonchev–Trinajstić information content (AvgIpc) is 3.28. The molecule has 0 saturated carbocycles. The molecule has 0 bridgehead atoms. The Hall–Kier alpha value is -1.85. The zero-order valence-corrected chi connectivity index (χ0v) is 42.6. The molecule has 0 aliphatic carbocycles. The maximum Gasteiger partial charge on any atom is 0.306 e. The highest BCUT2D eigenvalue weighted by molar-refractivity contribution is 5.71. The van der Waals surface area contributed by atoms with Gasteiger partial charge in [0.25, 0.3) is 0 Å². The molecular formula is C57H108O6. The number of hydrogen-bond acceptors (Lipinski definition) is 6. The Bertz CT molecular complexity index is 978. The third-order valence-electron chi connectivity index (χ3n) is 12.8. The summed E-state index contributed by atoms with van der Waals surface area (Å²) in [6.07, 6.45) is 59.1. The molecule has 1 unspecified atom stereocenters. The fourth-order valence-electron chi connectivity index (χ4n) is 8.50. The van der Waals surface area contributed by atoms with Crippen LogP contribution in [-0.2, 0) is 28.6 Å². The van der Waals surface area contributed by atoms with E-state index in [1.165, 1.54) is 212 Å². The van der Waals surface area contributed by atoms with Gasteiger partial charge in [-0.25, -0.2) is 0 Å². The molecule has 0 heterocycles. The zero-order chi connectivity index (χ0) is 45.8. The van der Waals surface area contributed by atoms with E-state index in [9.17, 15) is 14.4 Å². The summed E-state index contributed by atoms with van der Waals surface area (Å²) < 4.78 is 16.9. The summed E-state index contributed by atoms with van der Waals surface area (Å²) in [5, 5.41) is 0. The number of unbranched alkanes of at least 4 members (excludes halogenated alkanes) is 39. The van der Waals surface area contributed by atoms with Crippen LogP contribution in [0.1, 0.15) is 316 Å².